The van der Waals surface area contributed by atoms with Gasteiger partial charge < -0.3 is 13.7 Å². The van der Waals surface area contributed by atoms with Gasteiger partial charge in [0.1, 0.15) is 17.9 Å². The van der Waals surface area contributed by atoms with Crippen molar-refractivity contribution in [3.63, 3.8) is 0 Å². The summed E-state index contributed by atoms with van der Waals surface area (Å²) in [6.45, 7) is 1.51. The summed E-state index contributed by atoms with van der Waals surface area (Å²) in [5.74, 6) is 1.50. The van der Waals surface area contributed by atoms with Gasteiger partial charge in [-0.25, -0.2) is 4.98 Å². The number of nitrogens with zero attached hydrogens (tertiary/aromatic N) is 3. The highest BCUT2D eigenvalue weighted by atomic mass is 16.5. The summed E-state index contributed by atoms with van der Waals surface area (Å²) in [5.41, 5.74) is 3.33. The van der Waals surface area contributed by atoms with Gasteiger partial charge in [0.25, 0.3) is 5.91 Å². The van der Waals surface area contributed by atoms with E-state index < -0.39 is 0 Å². The van der Waals surface area contributed by atoms with Gasteiger partial charge in [-0.1, -0.05) is 48.5 Å². The molecule has 0 aliphatic carbocycles. The molecule has 1 aliphatic rings. The van der Waals surface area contributed by atoms with E-state index in [0.29, 0.717) is 30.4 Å². The molecule has 6 heteroatoms. The Morgan fingerprint density at radius 2 is 1.71 bits per heavy atom. The number of hydrogen-bond acceptors (Lipinski definition) is 4. The van der Waals surface area contributed by atoms with Gasteiger partial charge in [0.15, 0.2) is 5.76 Å². The first-order valence-electron chi connectivity index (χ1n) is 10.2. The average molecular weight is 409 g/mol. The Hall–Kier alpha value is -4.06. The van der Waals surface area contributed by atoms with Crippen molar-refractivity contribution in [1.82, 2.24) is 9.55 Å². The maximum absolute atomic E-state index is 13.6. The summed E-state index contributed by atoms with van der Waals surface area (Å²) < 4.78 is 14.1. The molecule has 0 atom stereocenters. The van der Waals surface area contributed by atoms with Crippen LogP contribution in [0.15, 0.2) is 83.3 Å². The SMILES string of the molecule is O=C(c1oc2ccccc2c1COc1ccccc1)N1CCn2c1nc1ccccc12. The summed E-state index contributed by atoms with van der Waals surface area (Å²) in [6.07, 6.45) is 0. The molecule has 1 amide bonds. The number of ether oxygens (including phenoxy) is 1. The number of imidazole rings is 1. The summed E-state index contributed by atoms with van der Waals surface area (Å²) in [4.78, 5) is 20.0. The van der Waals surface area contributed by atoms with Gasteiger partial charge in [-0.05, 0) is 30.3 Å². The first-order chi connectivity index (χ1) is 15.3. The monoisotopic (exact) mass is 409 g/mol. The molecule has 0 bridgehead atoms. The molecule has 152 valence electrons. The third-order valence-electron chi connectivity index (χ3n) is 5.69. The standard InChI is InChI=1S/C25H19N3O3/c29-24(28-15-14-27-21-12-6-5-11-20(21)26-25(27)28)23-19(16-30-17-8-2-1-3-9-17)18-10-4-7-13-22(18)31-23/h1-13H,14-16H2. The second-order valence-corrected chi connectivity index (χ2v) is 7.52. The third-order valence-corrected chi connectivity index (χ3v) is 5.69. The molecule has 0 N–H and O–H groups in total. The molecule has 0 radical (unpaired) electrons. The van der Waals surface area contributed by atoms with Crippen LogP contribution in [0.25, 0.3) is 22.0 Å². The Bertz CT molecular complexity index is 1420. The fraction of sp³-hybridized carbons (Fsp3) is 0.120. The first kappa shape index (κ1) is 17.8. The third kappa shape index (κ3) is 2.87. The fourth-order valence-corrected chi connectivity index (χ4v) is 4.19. The van der Waals surface area contributed by atoms with Crippen LogP contribution in [0.1, 0.15) is 16.1 Å². The molecule has 3 aromatic carbocycles. The molecule has 6 nitrogen and oxygen atoms in total. The largest absolute Gasteiger partial charge is 0.489 e. The maximum atomic E-state index is 13.6. The lowest BCUT2D eigenvalue weighted by molar-refractivity contribution is 0.0961. The highest BCUT2D eigenvalue weighted by molar-refractivity contribution is 6.08. The lowest BCUT2D eigenvalue weighted by Crippen LogP contribution is -2.30. The van der Waals surface area contributed by atoms with Crippen LogP contribution in [-0.4, -0.2) is 22.0 Å². The maximum Gasteiger partial charge on any atom is 0.296 e. The van der Waals surface area contributed by atoms with Gasteiger partial charge >= 0.3 is 0 Å². The van der Waals surface area contributed by atoms with Gasteiger partial charge in [-0.2, -0.15) is 0 Å². The number of anilines is 1. The Balaban J connectivity index is 1.40. The molecule has 2 aromatic heterocycles. The predicted molar refractivity (Wildman–Crippen MR) is 118 cm³/mol. The Morgan fingerprint density at radius 3 is 2.61 bits per heavy atom. The van der Waals surface area contributed by atoms with E-state index in [9.17, 15) is 4.79 Å². The zero-order valence-corrected chi connectivity index (χ0v) is 16.7. The van der Waals surface area contributed by atoms with E-state index in [2.05, 4.69) is 4.57 Å². The molecule has 0 unspecified atom stereocenters. The van der Waals surface area contributed by atoms with Crippen LogP contribution in [0.2, 0.25) is 0 Å². The van der Waals surface area contributed by atoms with E-state index in [1.165, 1.54) is 0 Å². The quantitative estimate of drug-likeness (QED) is 0.418. The number of furan rings is 1. The number of benzene rings is 3. The lowest BCUT2D eigenvalue weighted by atomic mass is 10.1. The van der Waals surface area contributed by atoms with Crippen molar-refractivity contribution < 1.29 is 13.9 Å². The fourth-order valence-electron chi connectivity index (χ4n) is 4.19. The number of fused-ring (bicyclic) bond motifs is 4. The predicted octanol–water partition coefficient (Wildman–Crippen LogP) is 5.02. The Kier molecular flexibility index (Phi) is 4.02. The van der Waals surface area contributed by atoms with Crippen LogP contribution < -0.4 is 9.64 Å². The second kappa shape index (κ2) is 7.02. The van der Waals surface area contributed by atoms with Crippen LogP contribution in [0, 0.1) is 0 Å². The average Bonchev–Trinajstić information content (AvgIpc) is 3.49. The Morgan fingerprint density at radius 1 is 0.935 bits per heavy atom. The summed E-state index contributed by atoms with van der Waals surface area (Å²) in [6, 6.07) is 25.2. The Labute approximate surface area is 178 Å². The van der Waals surface area contributed by atoms with E-state index in [-0.39, 0.29) is 12.5 Å². The van der Waals surface area contributed by atoms with E-state index in [0.717, 1.165) is 27.7 Å². The van der Waals surface area contributed by atoms with Gasteiger partial charge in [0.2, 0.25) is 5.95 Å². The van der Waals surface area contributed by atoms with Crippen molar-refractivity contribution in [2.45, 2.75) is 13.2 Å². The molecule has 1 aliphatic heterocycles. The molecule has 0 saturated heterocycles. The minimum absolute atomic E-state index is 0.197. The molecule has 0 fully saturated rings. The van der Waals surface area contributed by atoms with E-state index >= 15 is 0 Å². The van der Waals surface area contributed by atoms with Gasteiger partial charge in [0, 0.05) is 24.0 Å². The topological polar surface area (TPSA) is 60.5 Å². The number of para-hydroxylation sites is 4. The number of aromatic nitrogens is 2. The smallest absolute Gasteiger partial charge is 0.296 e. The van der Waals surface area contributed by atoms with Crippen LogP contribution in [0.3, 0.4) is 0 Å². The van der Waals surface area contributed by atoms with Crippen LogP contribution >= 0.6 is 0 Å². The molecule has 31 heavy (non-hydrogen) atoms. The molecule has 3 heterocycles. The highest BCUT2D eigenvalue weighted by Crippen LogP contribution is 2.32. The number of hydrogen-bond donors (Lipinski definition) is 0. The van der Waals surface area contributed by atoms with Crippen LogP contribution in [-0.2, 0) is 13.2 Å². The van der Waals surface area contributed by atoms with E-state index in [1.54, 1.807) is 4.90 Å². The lowest BCUT2D eigenvalue weighted by Gasteiger charge is -2.13. The molecule has 6 rings (SSSR count). The number of carbonyl (C=O) groups excluding carboxylic acids is 1. The van der Waals surface area contributed by atoms with Crippen molar-refractivity contribution in [3.8, 4) is 5.75 Å². The van der Waals surface area contributed by atoms with E-state index in [1.807, 2.05) is 78.9 Å². The van der Waals surface area contributed by atoms with Gasteiger partial charge in [0.05, 0.1) is 11.0 Å². The van der Waals surface area contributed by atoms with Crippen LogP contribution in [0.4, 0.5) is 5.95 Å². The van der Waals surface area contributed by atoms with E-state index in [4.69, 9.17) is 14.1 Å². The molecule has 5 aromatic rings. The summed E-state index contributed by atoms with van der Waals surface area (Å²) in [7, 11) is 0. The van der Waals surface area contributed by atoms with Crippen molar-refractivity contribution >= 4 is 33.9 Å². The number of rotatable bonds is 4. The second-order valence-electron chi connectivity index (χ2n) is 7.52. The molecule has 0 saturated carbocycles. The molecule has 0 spiro atoms. The normalized spacial score (nSPS) is 13.1. The molecular formula is C25H19N3O3. The number of carbonyl (C=O) groups is 1. The van der Waals surface area contributed by atoms with Crippen molar-refractivity contribution in [3.05, 3.63) is 90.2 Å². The zero-order valence-electron chi connectivity index (χ0n) is 16.7. The summed E-state index contributed by atoms with van der Waals surface area (Å²) >= 11 is 0. The van der Waals surface area contributed by atoms with Crippen molar-refractivity contribution in [2.75, 3.05) is 11.4 Å². The van der Waals surface area contributed by atoms with Gasteiger partial charge in [-0.3, -0.25) is 9.69 Å². The van der Waals surface area contributed by atoms with Crippen molar-refractivity contribution in [1.29, 1.82) is 0 Å². The molecular weight excluding hydrogens is 390 g/mol. The number of amides is 1. The first-order valence-corrected chi connectivity index (χ1v) is 10.2. The minimum Gasteiger partial charge on any atom is -0.489 e. The minimum atomic E-state index is -0.197. The van der Waals surface area contributed by atoms with Gasteiger partial charge in [-0.15, -0.1) is 0 Å². The zero-order chi connectivity index (χ0) is 20.8. The highest BCUT2D eigenvalue weighted by Gasteiger charge is 2.33. The van der Waals surface area contributed by atoms with Crippen LogP contribution in [0.5, 0.6) is 5.75 Å². The van der Waals surface area contributed by atoms with Crippen molar-refractivity contribution in [2.24, 2.45) is 0 Å². The summed E-state index contributed by atoms with van der Waals surface area (Å²) in [5, 5.41) is 0.884.